The molecule has 1 atom stereocenters. The first kappa shape index (κ1) is 21.9. The van der Waals surface area contributed by atoms with Gasteiger partial charge in [-0.3, -0.25) is 10.1 Å². The van der Waals surface area contributed by atoms with Crippen LogP contribution in [0.15, 0.2) is 24.3 Å². The highest BCUT2D eigenvalue weighted by Crippen LogP contribution is 2.45. The fraction of sp³-hybridized carbons (Fsp3) is 0.400. The summed E-state index contributed by atoms with van der Waals surface area (Å²) in [4.78, 5) is 28.2. The lowest BCUT2D eigenvalue weighted by molar-refractivity contribution is 0.0998. The lowest BCUT2D eigenvalue weighted by Gasteiger charge is -2.39. The molecule has 4 rings (SSSR count). The quantitative estimate of drug-likeness (QED) is 0.636. The summed E-state index contributed by atoms with van der Waals surface area (Å²) < 4.78 is 0. The van der Waals surface area contributed by atoms with E-state index in [-0.39, 0.29) is 17.9 Å². The molecule has 6 nitrogen and oxygen atoms in total. The van der Waals surface area contributed by atoms with Crippen molar-refractivity contribution in [2.75, 3.05) is 24.2 Å². The number of nitrogens with zero attached hydrogens (tertiary/aromatic N) is 1. The van der Waals surface area contributed by atoms with E-state index in [1.54, 1.807) is 24.3 Å². The molecule has 0 saturated carbocycles. The molecule has 1 saturated heterocycles. The number of benzene rings is 1. The zero-order valence-corrected chi connectivity index (χ0v) is 18.5. The van der Waals surface area contributed by atoms with Crippen LogP contribution < -0.4 is 16.4 Å². The van der Waals surface area contributed by atoms with E-state index in [9.17, 15) is 9.59 Å². The van der Waals surface area contributed by atoms with Gasteiger partial charge in [0.25, 0.3) is 5.91 Å². The van der Waals surface area contributed by atoms with Crippen LogP contribution in [0.1, 0.15) is 40.1 Å². The fourth-order valence-corrected chi connectivity index (χ4v) is 5.93. The van der Waals surface area contributed by atoms with Gasteiger partial charge in [0, 0.05) is 27.5 Å². The van der Waals surface area contributed by atoms with Crippen molar-refractivity contribution >= 4 is 58.0 Å². The number of hydrogen-bond donors (Lipinski definition) is 3. The van der Waals surface area contributed by atoms with Crippen LogP contribution in [0.2, 0.25) is 5.02 Å². The SMILES string of the molecule is CN1CCCC12CCc1c(sc(NC(=O)Nc3ccc(Cl)cc3)c1C(N)=O)C2.Cl. The first-order valence-electron chi connectivity index (χ1n) is 9.37. The Kier molecular flexibility index (Phi) is 6.43. The number of carbonyl (C=O) groups excluding carboxylic acids is 2. The number of likely N-dealkylation sites (tertiary alicyclic amines) is 1. The molecule has 1 unspecified atom stereocenters. The molecule has 0 bridgehead atoms. The molecule has 1 aliphatic carbocycles. The molecule has 4 N–H and O–H groups in total. The van der Waals surface area contributed by atoms with E-state index < -0.39 is 11.9 Å². The van der Waals surface area contributed by atoms with Crippen LogP contribution in [-0.2, 0) is 12.8 Å². The Balaban J connectivity index is 0.00000240. The van der Waals surface area contributed by atoms with Crippen molar-refractivity contribution < 1.29 is 9.59 Å². The normalized spacial score (nSPS) is 20.8. The number of anilines is 2. The fourth-order valence-electron chi connectivity index (χ4n) is 4.42. The minimum atomic E-state index is -0.491. The van der Waals surface area contributed by atoms with Gasteiger partial charge in [-0.1, -0.05) is 11.6 Å². The predicted molar refractivity (Wildman–Crippen MR) is 121 cm³/mol. The van der Waals surface area contributed by atoms with Crippen LogP contribution in [-0.4, -0.2) is 36.0 Å². The van der Waals surface area contributed by atoms with Crippen molar-refractivity contribution in [3.05, 3.63) is 45.3 Å². The number of urea groups is 1. The number of primary amides is 1. The number of carbonyl (C=O) groups is 2. The number of fused-ring (bicyclic) bond motifs is 1. The predicted octanol–water partition coefficient (Wildman–Crippen LogP) is 4.52. The number of likely N-dealkylation sites (N-methyl/N-ethyl adjacent to an activating group) is 1. The van der Waals surface area contributed by atoms with E-state index in [4.69, 9.17) is 17.3 Å². The standard InChI is InChI=1S/C20H23ClN4O2S.ClH/c1-25-10-2-8-20(25)9-7-14-15(11-20)28-18(16(14)17(22)26)24-19(27)23-13-5-3-12(21)4-6-13;/h3-6H,2,7-11H2,1H3,(H2,22,26)(H2,23,24,27);1H. The van der Waals surface area contributed by atoms with Crippen molar-refractivity contribution in [2.45, 2.75) is 37.6 Å². The second kappa shape index (κ2) is 8.52. The Morgan fingerprint density at radius 1 is 1.21 bits per heavy atom. The molecule has 0 radical (unpaired) electrons. The summed E-state index contributed by atoms with van der Waals surface area (Å²) in [5.74, 6) is -0.491. The number of nitrogens with one attached hydrogen (secondary N) is 2. The van der Waals surface area contributed by atoms with Crippen LogP contribution in [0.5, 0.6) is 0 Å². The topological polar surface area (TPSA) is 87.5 Å². The average molecular weight is 455 g/mol. The molecule has 29 heavy (non-hydrogen) atoms. The summed E-state index contributed by atoms with van der Waals surface area (Å²) in [7, 11) is 2.18. The third kappa shape index (κ3) is 4.23. The molecule has 9 heteroatoms. The molecular formula is C20H24Cl2N4O2S. The maximum atomic E-state index is 12.4. The molecule has 2 aromatic rings. The molecule has 1 spiro atoms. The third-order valence-corrected chi connectivity index (χ3v) is 7.34. The van der Waals surface area contributed by atoms with Gasteiger partial charge in [0.1, 0.15) is 5.00 Å². The van der Waals surface area contributed by atoms with Gasteiger partial charge in [-0.05, 0) is 69.1 Å². The summed E-state index contributed by atoms with van der Waals surface area (Å²) in [6.45, 7) is 1.11. The van der Waals surface area contributed by atoms with Gasteiger partial charge in [-0.2, -0.15) is 0 Å². The highest BCUT2D eigenvalue weighted by atomic mass is 35.5. The molecule has 156 valence electrons. The Bertz CT molecular complexity index is 931. The van der Waals surface area contributed by atoms with Gasteiger partial charge in [0.15, 0.2) is 0 Å². The average Bonchev–Trinajstić information content (AvgIpc) is 3.17. The second-order valence-corrected chi connectivity index (χ2v) is 9.13. The maximum Gasteiger partial charge on any atom is 0.324 e. The largest absolute Gasteiger partial charge is 0.365 e. The van der Waals surface area contributed by atoms with Gasteiger partial charge < -0.3 is 16.0 Å². The summed E-state index contributed by atoms with van der Waals surface area (Å²) in [5.41, 5.74) is 7.93. The maximum absolute atomic E-state index is 12.4. The third-order valence-electron chi connectivity index (χ3n) is 5.94. The van der Waals surface area contributed by atoms with E-state index in [1.807, 2.05) is 0 Å². The summed E-state index contributed by atoms with van der Waals surface area (Å²) >= 11 is 7.35. The van der Waals surface area contributed by atoms with Crippen LogP contribution in [0.3, 0.4) is 0 Å². The monoisotopic (exact) mass is 454 g/mol. The molecule has 3 amide bonds. The van der Waals surface area contributed by atoms with E-state index in [1.165, 1.54) is 24.2 Å². The summed E-state index contributed by atoms with van der Waals surface area (Å²) in [6.07, 6.45) is 5.12. The molecule has 1 fully saturated rings. The second-order valence-electron chi connectivity index (χ2n) is 7.58. The van der Waals surface area contributed by atoms with Gasteiger partial charge in [0.05, 0.1) is 5.56 Å². The molecule has 1 aromatic heterocycles. The van der Waals surface area contributed by atoms with E-state index in [2.05, 4.69) is 22.6 Å². The van der Waals surface area contributed by atoms with Crippen LogP contribution >= 0.6 is 35.3 Å². The van der Waals surface area contributed by atoms with Crippen LogP contribution in [0.25, 0.3) is 0 Å². The molecule has 1 aliphatic heterocycles. The van der Waals surface area contributed by atoms with Crippen LogP contribution in [0, 0.1) is 0 Å². The number of nitrogens with two attached hydrogens (primary N) is 1. The smallest absolute Gasteiger partial charge is 0.324 e. The number of thiophene rings is 1. The molecule has 2 aliphatic rings. The van der Waals surface area contributed by atoms with Gasteiger partial charge in [0.2, 0.25) is 0 Å². The Hall–Kier alpha value is -1.80. The van der Waals surface area contributed by atoms with Gasteiger partial charge in [-0.15, -0.1) is 23.7 Å². The van der Waals surface area contributed by atoms with Gasteiger partial charge in [-0.25, -0.2) is 4.79 Å². The lowest BCUT2D eigenvalue weighted by Crippen LogP contribution is -2.45. The van der Waals surface area contributed by atoms with Crippen molar-refractivity contribution in [2.24, 2.45) is 5.73 Å². The van der Waals surface area contributed by atoms with Crippen molar-refractivity contribution in [1.29, 1.82) is 0 Å². The minimum Gasteiger partial charge on any atom is -0.365 e. The number of hydrogen-bond acceptors (Lipinski definition) is 4. The zero-order chi connectivity index (χ0) is 19.9. The highest BCUT2D eigenvalue weighted by molar-refractivity contribution is 7.17. The first-order valence-corrected chi connectivity index (χ1v) is 10.6. The number of halogens is 2. The Morgan fingerprint density at radius 2 is 1.93 bits per heavy atom. The molecule has 2 heterocycles. The van der Waals surface area contributed by atoms with E-state index in [0.29, 0.717) is 21.3 Å². The first-order chi connectivity index (χ1) is 13.4. The number of amides is 3. The zero-order valence-electron chi connectivity index (χ0n) is 16.1. The van der Waals surface area contributed by atoms with Crippen LogP contribution in [0.4, 0.5) is 15.5 Å². The van der Waals surface area contributed by atoms with Gasteiger partial charge >= 0.3 is 6.03 Å². The molecular weight excluding hydrogens is 431 g/mol. The van der Waals surface area contributed by atoms with Crippen molar-refractivity contribution in [3.63, 3.8) is 0 Å². The van der Waals surface area contributed by atoms with E-state index in [0.717, 1.165) is 36.2 Å². The van der Waals surface area contributed by atoms with E-state index >= 15 is 0 Å². The minimum absolute atomic E-state index is 0. The number of rotatable bonds is 3. The summed E-state index contributed by atoms with van der Waals surface area (Å²) in [6, 6.07) is 6.43. The van der Waals surface area contributed by atoms with Crippen molar-refractivity contribution in [1.82, 2.24) is 4.90 Å². The molecule has 1 aromatic carbocycles. The lowest BCUT2D eigenvalue weighted by atomic mass is 9.79. The summed E-state index contributed by atoms with van der Waals surface area (Å²) in [5, 5.41) is 6.71. The Morgan fingerprint density at radius 3 is 2.55 bits per heavy atom. The van der Waals surface area contributed by atoms with Crippen molar-refractivity contribution in [3.8, 4) is 0 Å². The Labute approximate surface area is 185 Å². The highest BCUT2D eigenvalue weighted by Gasteiger charge is 2.43.